The number of phenols is 1. The molecule has 306 valence electrons. The molecular weight excluding hydrogens is 829 g/mol. The summed E-state index contributed by atoms with van der Waals surface area (Å²) in [5.74, 6) is 1.39. The number of para-hydroxylation sites is 1. The van der Waals surface area contributed by atoms with Gasteiger partial charge in [0.25, 0.3) is 0 Å². The zero-order chi connectivity index (χ0) is 43.0. The van der Waals surface area contributed by atoms with Crippen molar-refractivity contribution >= 4 is 52.8 Å². The first kappa shape index (κ1) is 45.4. The zero-order valence-corrected chi connectivity index (χ0v) is 36.2. The van der Waals surface area contributed by atoms with Gasteiger partial charge in [-0.05, 0) is 84.4 Å². The van der Waals surface area contributed by atoms with Gasteiger partial charge in [0, 0.05) is 16.5 Å². The van der Waals surface area contributed by atoms with Gasteiger partial charge in [0.2, 0.25) is 0 Å². The Morgan fingerprint density at radius 2 is 0.917 bits per heavy atom. The number of phenolic OH excluding ortho intramolecular Hbond substituents is 1. The monoisotopic (exact) mass is 872 g/mol. The standard InChI is InChI=1S/C18H15S.C14H14OS.C10H8O3S.C7H8O3S/c1-4-10-16(11-5-1)19(17-12-6-2-7-13-17)18-14-8-3-9-15-18;1-16(11-12-7-3-2-4-8-12)14-10-6-5-9-13(14)15;11-14(12,13)10-7-3-5-8-4-1-2-6-9(8)10;1-6-2-4-7(5-3-6)11(8,9)10/h1-15H;2-10H,11H2,1H3;1-7H,(H,11,12,13);2-5H,1H3,(H,8,9,10)/q+1;;;/p-1. The van der Waals surface area contributed by atoms with Gasteiger partial charge in [-0.1, -0.05) is 151 Å². The third-order valence-electron chi connectivity index (χ3n) is 8.73. The number of fused-ring (bicyclic) bond motifs is 1. The lowest BCUT2D eigenvalue weighted by atomic mass is 10.1. The highest BCUT2D eigenvalue weighted by Crippen LogP contribution is 2.31. The first-order valence-corrected chi connectivity index (χ1v) is 24.5. The van der Waals surface area contributed by atoms with Gasteiger partial charge in [0.15, 0.2) is 25.3 Å². The molecule has 0 radical (unpaired) electrons. The van der Waals surface area contributed by atoms with E-state index in [4.69, 9.17) is 0 Å². The molecule has 0 bridgehead atoms. The van der Waals surface area contributed by atoms with Crippen molar-refractivity contribution in [1.29, 1.82) is 0 Å². The molecule has 0 saturated heterocycles. The molecule has 11 heteroatoms. The summed E-state index contributed by atoms with van der Waals surface area (Å²) >= 11 is 0. The summed E-state index contributed by atoms with van der Waals surface area (Å²) in [7, 11) is -8.61. The molecule has 1 atom stereocenters. The van der Waals surface area contributed by atoms with Crippen LogP contribution in [-0.4, -0.2) is 37.3 Å². The maximum absolute atomic E-state index is 10.9. The number of aromatic hydroxyl groups is 1. The lowest BCUT2D eigenvalue weighted by Gasteiger charge is -2.09. The summed E-state index contributed by atoms with van der Waals surface area (Å²) in [6, 6.07) is 67.5. The molecule has 60 heavy (non-hydrogen) atoms. The van der Waals surface area contributed by atoms with Gasteiger partial charge in [0.05, 0.1) is 20.7 Å². The van der Waals surface area contributed by atoms with Crippen molar-refractivity contribution in [2.24, 2.45) is 0 Å². The molecule has 0 saturated carbocycles. The van der Waals surface area contributed by atoms with E-state index in [0.717, 1.165) is 21.6 Å². The first-order chi connectivity index (χ1) is 28.8. The topological polar surface area (TPSA) is 135 Å². The van der Waals surface area contributed by atoms with E-state index in [1.54, 1.807) is 54.6 Å². The van der Waals surface area contributed by atoms with E-state index in [9.17, 15) is 31.0 Å². The third kappa shape index (κ3) is 13.7. The van der Waals surface area contributed by atoms with E-state index in [2.05, 4.69) is 122 Å². The molecule has 1 unspecified atom stereocenters. The van der Waals surface area contributed by atoms with Crippen molar-refractivity contribution in [2.45, 2.75) is 42.0 Å². The molecule has 7 nitrogen and oxygen atoms in total. The Bertz CT molecular complexity index is 2650. The fraction of sp³-hybridized carbons (Fsp3) is 0.0612. The second kappa shape index (κ2) is 22.1. The smallest absolute Gasteiger partial charge is 0.196 e. The van der Waals surface area contributed by atoms with Gasteiger partial charge in [0.1, 0.15) is 32.2 Å². The highest BCUT2D eigenvalue weighted by Gasteiger charge is 2.27. The van der Waals surface area contributed by atoms with Crippen molar-refractivity contribution in [1.82, 2.24) is 0 Å². The minimum absolute atomic E-state index is 0.0146. The Hall–Kier alpha value is -5.66. The minimum atomic E-state index is -4.38. The van der Waals surface area contributed by atoms with E-state index >= 15 is 0 Å². The van der Waals surface area contributed by atoms with Crippen LogP contribution in [0.3, 0.4) is 0 Å². The predicted octanol–water partition coefficient (Wildman–Crippen LogP) is 10.6. The van der Waals surface area contributed by atoms with Gasteiger partial charge in [-0.2, -0.15) is 0 Å². The number of aryl methyl sites for hydroxylation is 1. The molecular formula is C49H44O7S4. The van der Waals surface area contributed by atoms with Gasteiger partial charge in [-0.3, -0.25) is 0 Å². The number of rotatable bonds is 8. The third-order valence-corrected chi connectivity index (χ3v) is 14.6. The van der Waals surface area contributed by atoms with Crippen LogP contribution in [0.1, 0.15) is 11.1 Å². The quantitative estimate of drug-likeness (QED) is 0.119. The highest BCUT2D eigenvalue weighted by molar-refractivity contribution is 7.97. The summed E-state index contributed by atoms with van der Waals surface area (Å²) in [6.07, 6.45) is 2.17. The van der Waals surface area contributed by atoms with Gasteiger partial charge in [-0.25, -0.2) is 16.8 Å². The predicted molar refractivity (Wildman–Crippen MR) is 242 cm³/mol. The molecule has 0 aliphatic carbocycles. The first-order valence-electron chi connectivity index (χ1n) is 18.6. The fourth-order valence-corrected chi connectivity index (χ4v) is 10.7. The van der Waals surface area contributed by atoms with Crippen LogP contribution in [0.25, 0.3) is 10.8 Å². The SMILES string of the molecule is C[S+](Cc1ccccc1)c1ccccc1O.Cc1ccc(S(=O)(=O)[O-])cc1.O=S(=O)([O-])c1cccc2ccccc12.c1ccc([S+](c2ccccc2)c2ccccc2)cc1. The van der Waals surface area contributed by atoms with Crippen LogP contribution in [0.5, 0.6) is 5.75 Å². The van der Waals surface area contributed by atoms with Crippen molar-refractivity contribution in [3.8, 4) is 5.75 Å². The van der Waals surface area contributed by atoms with E-state index in [0.29, 0.717) is 11.1 Å². The van der Waals surface area contributed by atoms with E-state index < -0.39 is 20.2 Å². The lowest BCUT2D eigenvalue weighted by Crippen LogP contribution is -2.04. The fourth-order valence-electron chi connectivity index (χ4n) is 5.85. The van der Waals surface area contributed by atoms with Crippen LogP contribution < -0.4 is 0 Å². The molecule has 0 aromatic heterocycles. The average Bonchev–Trinajstić information content (AvgIpc) is 3.25. The van der Waals surface area contributed by atoms with Crippen LogP contribution in [0.15, 0.2) is 242 Å². The van der Waals surface area contributed by atoms with Crippen LogP contribution >= 0.6 is 0 Å². The molecule has 0 heterocycles. The highest BCUT2D eigenvalue weighted by atomic mass is 32.2. The maximum atomic E-state index is 10.9. The average molecular weight is 873 g/mol. The van der Waals surface area contributed by atoms with Gasteiger partial charge < -0.3 is 14.2 Å². The lowest BCUT2D eigenvalue weighted by molar-refractivity contribution is 0.461. The Morgan fingerprint density at radius 1 is 0.483 bits per heavy atom. The molecule has 0 aliphatic heterocycles. The molecule has 0 amide bonds. The largest absolute Gasteiger partial charge is 0.744 e. The number of hydrogen-bond acceptors (Lipinski definition) is 7. The zero-order valence-electron chi connectivity index (χ0n) is 32.9. The Labute approximate surface area is 359 Å². The van der Waals surface area contributed by atoms with E-state index in [1.165, 1.54) is 38.4 Å². The second-order valence-corrected chi connectivity index (χ2v) is 19.9. The molecule has 0 spiro atoms. The van der Waals surface area contributed by atoms with Crippen molar-refractivity contribution in [2.75, 3.05) is 6.26 Å². The molecule has 8 rings (SSSR count). The minimum Gasteiger partial charge on any atom is -0.744 e. The summed E-state index contributed by atoms with van der Waals surface area (Å²) in [5, 5.41) is 11.0. The number of hydrogen-bond donors (Lipinski definition) is 1. The summed E-state index contributed by atoms with van der Waals surface area (Å²) in [5.41, 5.74) is 2.24. The van der Waals surface area contributed by atoms with Crippen LogP contribution in [0.4, 0.5) is 0 Å². The Morgan fingerprint density at radius 3 is 1.40 bits per heavy atom. The maximum Gasteiger partial charge on any atom is 0.196 e. The van der Waals surface area contributed by atoms with Crippen LogP contribution in [0, 0.1) is 6.92 Å². The second-order valence-electron chi connectivity index (χ2n) is 13.2. The molecule has 8 aromatic carbocycles. The summed E-state index contributed by atoms with van der Waals surface area (Å²) in [4.78, 5) is 4.80. The normalized spacial score (nSPS) is 11.5. The van der Waals surface area contributed by atoms with Gasteiger partial charge in [-0.15, -0.1) is 0 Å². The summed E-state index contributed by atoms with van der Waals surface area (Å²) in [6.45, 7) is 1.82. The van der Waals surface area contributed by atoms with E-state index in [1.807, 2.05) is 31.2 Å². The molecule has 8 aromatic rings. The molecule has 0 fully saturated rings. The number of benzene rings is 8. The van der Waals surface area contributed by atoms with E-state index in [-0.39, 0.29) is 31.6 Å². The van der Waals surface area contributed by atoms with Crippen molar-refractivity contribution in [3.63, 3.8) is 0 Å². The molecule has 1 N–H and O–H groups in total. The van der Waals surface area contributed by atoms with Gasteiger partial charge >= 0.3 is 0 Å². The van der Waals surface area contributed by atoms with Crippen molar-refractivity contribution < 1.29 is 31.0 Å². The molecule has 0 aliphatic rings. The Balaban J connectivity index is 0.000000155. The van der Waals surface area contributed by atoms with Crippen molar-refractivity contribution in [3.05, 3.63) is 223 Å². The van der Waals surface area contributed by atoms with Crippen LogP contribution in [-0.2, 0) is 47.8 Å². The summed E-state index contributed by atoms with van der Waals surface area (Å²) < 4.78 is 63.8. The van der Waals surface area contributed by atoms with Crippen LogP contribution in [0.2, 0.25) is 0 Å². The Kier molecular flexibility index (Phi) is 16.7.